The molecule has 0 aliphatic carbocycles. The zero-order valence-electron chi connectivity index (χ0n) is 10.3. The first-order chi connectivity index (χ1) is 8.74. The molecule has 18 heavy (non-hydrogen) atoms. The molecule has 1 aliphatic heterocycles. The van der Waals surface area contributed by atoms with Gasteiger partial charge in [0, 0.05) is 19.3 Å². The van der Waals surface area contributed by atoms with E-state index in [9.17, 15) is 5.21 Å². The maximum absolute atomic E-state index is 9.41. The summed E-state index contributed by atoms with van der Waals surface area (Å²) in [5.74, 6) is 0.402. The predicted octanol–water partition coefficient (Wildman–Crippen LogP) is 1.05. The summed E-state index contributed by atoms with van der Waals surface area (Å²) in [5, 5.41) is 13.8. The molecule has 6 nitrogen and oxygen atoms in total. The van der Waals surface area contributed by atoms with Crippen molar-refractivity contribution in [1.29, 1.82) is 0 Å². The monoisotopic (exact) mass is 249 g/mol. The van der Waals surface area contributed by atoms with Crippen LogP contribution in [0.5, 0.6) is 0 Å². The Morgan fingerprint density at radius 1 is 1.50 bits per heavy atom. The molecule has 6 heteroatoms. The highest BCUT2D eigenvalue weighted by Crippen LogP contribution is 2.13. The Morgan fingerprint density at radius 3 is 3.17 bits per heavy atom. The van der Waals surface area contributed by atoms with E-state index < -0.39 is 0 Å². The Bertz CT molecular complexity index is 395. The molecule has 0 saturated carbocycles. The molecule has 0 amide bonds. The minimum Gasteiger partial charge on any atom is -0.370 e. The van der Waals surface area contributed by atoms with E-state index in [-0.39, 0.29) is 6.04 Å². The summed E-state index contributed by atoms with van der Waals surface area (Å²) in [6.45, 7) is 1.36. The largest absolute Gasteiger partial charge is 0.370 e. The number of hydrogen-bond acceptors (Lipinski definition) is 4. The molecule has 2 heterocycles. The molecule has 2 rings (SSSR count). The second-order valence-corrected chi connectivity index (χ2v) is 4.42. The molecular formula is C12H19N5O. The van der Waals surface area contributed by atoms with Crippen LogP contribution in [-0.2, 0) is 0 Å². The van der Waals surface area contributed by atoms with Crippen LogP contribution in [0, 0.1) is 0 Å². The van der Waals surface area contributed by atoms with Gasteiger partial charge < -0.3 is 16.3 Å². The van der Waals surface area contributed by atoms with Gasteiger partial charge >= 0.3 is 0 Å². The van der Waals surface area contributed by atoms with E-state index in [0.717, 1.165) is 24.9 Å². The molecule has 1 aliphatic rings. The lowest BCUT2D eigenvalue weighted by Gasteiger charge is -2.12. The molecular weight excluding hydrogens is 230 g/mol. The van der Waals surface area contributed by atoms with Gasteiger partial charge in [-0.05, 0) is 31.4 Å². The lowest BCUT2D eigenvalue weighted by molar-refractivity contribution is -0.0875. The van der Waals surface area contributed by atoms with Crippen molar-refractivity contribution in [2.75, 3.05) is 18.4 Å². The van der Waals surface area contributed by atoms with Gasteiger partial charge in [-0.2, -0.15) is 5.06 Å². The summed E-state index contributed by atoms with van der Waals surface area (Å²) in [7, 11) is 0. The number of anilines is 1. The average Bonchev–Trinajstić information content (AvgIpc) is 2.56. The summed E-state index contributed by atoms with van der Waals surface area (Å²) in [4.78, 5) is 8.44. The van der Waals surface area contributed by atoms with Crippen LogP contribution >= 0.6 is 0 Å². The molecule has 1 atom stereocenters. The molecule has 0 radical (unpaired) electrons. The van der Waals surface area contributed by atoms with E-state index in [2.05, 4.69) is 15.3 Å². The highest BCUT2D eigenvalue weighted by Gasteiger charge is 2.15. The molecule has 98 valence electrons. The molecule has 0 bridgehead atoms. The van der Waals surface area contributed by atoms with Crippen LogP contribution in [0.1, 0.15) is 19.3 Å². The van der Waals surface area contributed by atoms with Crippen LogP contribution < -0.4 is 11.1 Å². The van der Waals surface area contributed by atoms with Crippen molar-refractivity contribution >= 4 is 11.6 Å². The standard InChI is InChI=1S/C12H19N5O/c13-12(16-11-3-1-6-14-9-11)15-10-4-2-7-17(18)8-5-10/h1,3,6,9-10,18H,2,4-5,7-8H2,(H3,13,15,16). The van der Waals surface area contributed by atoms with Gasteiger partial charge in [-0.25, -0.2) is 4.99 Å². The minimum absolute atomic E-state index is 0.173. The number of guanidine groups is 1. The zero-order valence-corrected chi connectivity index (χ0v) is 10.3. The van der Waals surface area contributed by atoms with Gasteiger partial charge in [0.25, 0.3) is 0 Å². The lowest BCUT2D eigenvalue weighted by atomic mass is 10.1. The second kappa shape index (κ2) is 6.32. The van der Waals surface area contributed by atoms with Crippen molar-refractivity contribution in [2.45, 2.75) is 25.3 Å². The number of hydrogen-bond donors (Lipinski definition) is 3. The summed E-state index contributed by atoms with van der Waals surface area (Å²) < 4.78 is 0. The van der Waals surface area contributed by atoms with E-state index >= 15 is 0 Å². The molecule has 1 fully saturated rings. The van der Waals surface area contributed by atoms with Gasteiger partial charge in [-0.3, -0.25) is 4.98 Å². The number of nitrogens with two attached hydrogens (primary N) is 1. The smallest absolute Gasteiger partial charge is 0.193 e. The Labute approximate surface area is 106 Å². The van der Waals surface area contributed by atoms with Crippen molar-refractivity contribution in [2.24, 2.45) is 10.7 Å². The first-order valence-electron chi connectivity index (χ1n) is 6.18. The van der Waals surface area contributed by atoms with E-state index in [1.54, 1.807) is 12.4 Å². The SMILES string of the molecule is NC(=NC1CCCN(O)CC1)Nc1cccnc1. The number of aromatic nitrogens is 1. The first-order valence-corrected chi connectivity index (χ1v) is 6.18. The van der Waals surface area contributed by atoms with Crippen molar-refractivity contribution in [3.8, 4) is 0 Å². The van der Waals surface area contributed by atoms with Gasteiger partial charge in [0.15, 0.2) is 5.96 Å². The third-order valence-corrected chi connectivity index (χ3v) is 2.93. The van der Waals surface area contributed by atoms with Crippen LogP contribution in [-0.4, -0.2) is 40.3 Å². The minimum atomic E-state index is 0.173. The summed E-state index contributed by atoms with van der Waals surface area (Å²) in [6.07, 6.45) is 6.12. The number of aliphatic imine (C=N–C) groups is 1. The van der Waals surface area contributed by atoms with E-state index in [4.69, 9.17) is 5.73 Å². The average molecular weight is 249 g/mol. The third-order valence-electron chi connectivity index (χ3n) is 2.93. The fourth-order valence-electron chi connectivity index (χ4n) is 2.01. The van der Waals surface area contributed by atoms with Crippen molar-refractivity contribution in [3.63, 3.8) is 0 Å². The van der Waals surface area contributed by atoms with Gasteiger partial charge in [-0.1, -0.05) is 0 Å². The van der Waals surface area contributed by atoms with E-state index in [0.29, 0.717) is 19.0 Å². The van der Waals surface area contributed by atoms with Crippen LogP contribution in [0.2, 0.25) is 0 Å². The molecule has 1 unspecified atom stereocenters. The quantitative estimate of drug-likeness (QED) is 0.539. The fourth-order valence-corrected chi connectivity index (χ4v) is 2.01. The van der Waals surface area contributed by atoms with Gasteiger partial charge in [0.05, 0.1) is 17.9 Å². The molecule has 1 saturated heterocycles. The van der Waals surface area contributed by atoms with Crippen LogP contribution in [0.4, 0.5) is 5.69 Å². The molecule has 1 aromatic heterocycles. The Morgan fingerprint density at radius 2 is 2.39 bits per heavy atom. The maximum atomic E-state index is 9.41. The normalized spacial score (nSPS) is 22.5. The number of nitrogens with zero attached hydrogens (tertiary/aromatic N) is 3. The predicted molar refractivity (Wildman–Crippen MR) is 70.5 cm³/mol. The number of nitrogens with one attached hydrogen (secondary N) is 1. The number of pyridine rings is 1. The number of hydroxylamine groups is 2. The van der Waals surface area contributed by atoms with Crippen LogP contribution in [0.3, 0.4) is 0 Å². The summed E-state index contributed by atoms with van der Waals surface area (Å²) >= 11 is 0. The Kier molecular flexibility index (Phi) is 4.49. The lowest BCUT2D eigenvalue weighted by Crippen LogP contribution is -2.26. The summed E-state index contributed by atoms with van der Waals surface area (Å²) in [6, 6.07) is 3.90. The topological polar surface area (TPSA) is 86.8 Å². The van der Waals surface area contributed by atoms with Crippen LogP contribution in [0.15, 0.2) is 29.5 Å². The Balaban J connectivity index is 1.91. The van der Waals surface area contributed by atoms with Crippen LogP contribution in [0.25, 0.3) is 0 Å². The molecule has 1 aromatic rings. The first kappa shape index (κ1) is 12.8. The van der Waals surface area contributed by atoms with Crippen molar-refractivity contribution < 1.29 is 5.21 Å². The second-order valence-electron chi connectivity index (χ2n) is 4.42. The molecule has 0 aromatic carbocycles. The van der Waals surface area contributed by atoms with Crippen molar-refractivity contribution in [1.82, 2.24) is 10.0 Å². The zero-order chi connectivity index (χ0) is 12.8. The summed E-state index contributed by atoms with van der Waals surface area (Å²) in [5.41, 5.74) is 6.69. The Hall–Kier alpha value is -1.66. The van der Waals surface area contributed by atoms with Gasteiger partial charge in [0.1, 0.15) is 0 Å². The maximum Gasteiger partial charge on any atom is 0.193 e. The molecule has 0 spiro atoms. The van der Waals surface area contributed by atoms with Gasteiger partial charge in [-0.15, -0.1) is 0 Å². The fraction of sp³-hybridized carbons (Fsp3) is 0.500. The van der Waals surface area contributed by atoms with Crippen molar-refractivity contribution in [3.05, 3.63) is 24.5 Å². The highest BCUT2D eigenvalue weighted by molar-refractivity contribution is 5.92. The number of rotatable bonds is 2. The highest BCUT2D eigenvalue weighted by atomic mass is 16.5. The molecule has 4 N–H and O–H groups in total. The van der Waals surface area contributed by atoms with E-state index in [1.165, 1.54) is 5.06 Å². The third kappa shape index (κ3) is 3.97. The van der Waals surface area contributed by atoms with Gasteiger partial charge in [0.2, 0.25) is 0 Å². The van der Waals surface area contributed by atoms with E-state index in [1.807, 2.05) is 12.1 Å².